The number of carboxylic acids is 1. The van der Waals surface area contributed by atoms with Gasteiger partial charge >= 0.3 is 6.18 Å². The molecule has 8 heteroatoms. The second-order valence-corrected chi connectivity index (χ2v) is 5.59. The number of alkyl halides is 3. The largest absolute Gasteiger partial charge is 0.545 e. The summed E-state index contributed by atoms with van der Waals surface area (Å²) in [5.74, 6) is -1.65. The third-order valence-corrected chi connectivity index (χ3v) is 3.65. The maximum atomic E-state index is 13.0. The Balaban J connectivity index is 2.05. The molecule has 1 aliphatic heterocycles. The Morgan fingerprint density at radius 3 is 2.56 bits per heavy atom. The van der Waals surface area contributed by atoms with Crippen LogP contribution in [-0.4, -0.2) is 18.2 Å². The van der Waals surface area contributed by atoms with Crippen LogP contribution in [0.1, 0.15) is 5.56 Å². The molecule has 0 N–H and O–H groups in total. The molecular formula is C17H9ClF3O4-. The minimum absolute atomic E-state index is 0.0715. The summed E-state index contributed by atoms with van der Waals surface area (Å²) in [7, 11) is 0. The van der Waals surface area contributed by atoms with Gasteiger partial charge < -0.3 is 19.4 Å². The lowest BCUT2D eigenvalue weighted by Gasteiger charge is -2.30. The van der Waals surface area contributed by atoms with Crippen molar-refractivity contribution in [2.24, 2.45) is 0 Å². The van der Waals surface area contributed by atoms with Crippen LogP contribution in [0, 0.1) is 0 Å². The number of carboxylic acid groups (broad SMARTS) is 1. The molecule has 0 aliphatic carbocycles. The van der Waals surface area contributed by atoms with E-state index >= 15 is 0 Å². The van der Waals surface area contributed by atoms with Crippen LogP contribution < -0.4 is 14.6 Å². The quantitative estimate of drug-likeness (QED) is 0.829. The van der Waals surface area contributed by atoms with Gasteiger partial charge in [-0.05, 0) is 36.4 Å². The Labute approximate surface area is 145 Å². The summed E-state index contributed by atoms with van der Waals surface area (Å²) in [5, 5.41) is 11.5. The van der Waals surface area contributed by atoms with Gasteiger partial charge in [0.15, 0.2) is 0 Å². The number of halogens is 4. The van der Waals surface area contributed by atoms with Crippen LogP contribution in [0.2, 0.25) is 5.02 Å². The molecule has 130 valence electrons. The van der Waals surface area contributed by atoms with Crippen LogP contribution >= 0.6 is 11.6 Å². The topological polar surface area (TPSA) is 58.6 Å². The molecule has 1 unspecified atom stereocenters. The molecule has 0 fully saturated rings. The van der Waals surface area contributed by atoms with Crippen molar-refractivity contribution >= 4 is 23.6 Å². The number of carbonyl (C=O) groups is 1. The van der Waals surface area contributed by atoms with Gasteiger partial charge in [-0.1, -0.05) is 23.7 Å². The predicted octanol–water partition coefficient (Wildman–Crippen LogP) is 3.59. The van der Waals surface area contributed by atoms with E-state index < -0.39 is 23.8 Å². The van der Waals surface area contributed by atoms with Gasteiger partial charge in [-0.2, -0.15) is 13.2 Å². The monoisotopic (exact) mass is 369 g/mol. The highest BCUT2D eigenvalue weighted by Crippen LogP contribution is 2.41. The fourth-order valence-electron chi connectivity index (χ4n) is 2.35. The number of aliphatic carboxylic acids is 1. The van der Waals surface area contributed by atoms with Gasteiger partial charge in [0.1, 0.15) is 17.2 Å². The summed E-state index contributed by atoms with van der Waals surface area (Å²) < 4.78 is 49.6. The first kappa shape index (κ1) is 17.2. The maximum absolute atomic E-state index is 13.0. The lowest BCUT2D eigenvalue weighted by atomic mass is 10.0. The van der Waals surface area contributed by atoms with Crippen molar-refractivity contribution in [2.75, 3.05) is 0 Å². The number of hydrogen-bond donors (Lipinski definition) is 0. The lowest BCUT2D eigenvalue weighted by molar-refractivity contribution is -0.302. The highest BCUT2D eigenvalue weighted by molar-refractivity contribution is 6.30. The molecule has 4 nitrogen and oxygen atoms in total. The summed E-state index contributed by atoms with van der Waals surface area (Å²) in [6.45, 7) is 0. The second-order valence-electron chi connectivity index (χ2n) is 5.15. The van der Waals surface area contributed by atoms with E-state index in [0.717, 1.165) is 6.08 Å². The summed E-state index contributed by atoms with van der Waals surface area (Å²) in [5.41, 5.74) is -0.954. The molecule has 0 aromatic heterocycles. The summed E-state index contributed by atoms with van der Waals surface area (Å²) in [6, 6.07) is 10.6. The fourth-order valence-corrected chi connectivity index (χ4v) is 2.53. The zero-order valence-corrected chi connectivity index (χ0v) is 13.1. The van der Waals surface area contributed by atoms with Gasteiger partial charge in [0.05, 0.1) is 11.5 Å². The van der Waals surface area contributed by atoms with E-state index in [0.29, 0.717) is 10.8 Å². The van der Waals surface area contributed by atoms with Gasteiger partial charge in [-0.3, -0.25) is 0 Å². The normalized spacial score (nSPS) is 16.5. The van der Waals surface area contributed by atoms with Crippen LogP contribution in [0.3, 0.4) is 0 Å². The fraction of sp³-hybridized carbons (Fsp3) is 0.118. The highest BCUT2D eigenvalue weighted by Gasteiger charge is 2.46. The van der Waals surface area contributed by atoms with Crippen molar-refractivity contribution in [3.8, 4) is 17.2 Å². The van der Waals surface area contributed by atoms with E-state index in [-0.39, 0.29) is 17.1 Å². The van der Waals surface area contributed by atoms with Crippen LogP contribution in [0.5, 0.6) is 17.2 Å². The minimum Gasteiger partial charge on any atom is -0.545 e. The predicted molar refractivity (Wildman–Crippen MR) is 81.4 cm³/mol. The van der Waals surface area contributed by atoms with E-state index in [2.05, 4.69) is 0 Å². The van der Waals surface area contributed by atoms with Crippen molar-refractivity contribution in [3.05, 3.63) is 58.6 Å². The SMILES string of the molecule is O=C([O-])C1=Cc2c(Oc3cccc(Cl)c3)cccc2OC1C(F)(F)F. The van der Waals surface area contributed by atoms with Gasteiger partial charge in [0.25, 0.3) is 0 Å². The summed E-state index contributed by atoms with van der Waals surface area (Å²) in [6.07, 6.45) is -6.65. The molecule has 1 aliphatic rings. The van der Waals surface area contributed by atoms with Crippen molar-refractivity contribution in [3.63, 3.8) is 0 Å². The molecule has 0 radical (unpaired) electrons. The molecule has 1 heterocycles. The molecule has 0 spiro atoms. The van der Waals surface area contributed by atoms with Crippen LogP contribution in [0.4, 0.5) is 13.2 Å². The van der Waals surface area contributed by atoms with Crippen LogP contribution in [0.15, 0.2) is 48.0 Å². The standard InChI is InChI=1S/C17H10ClF3O4/c18-9-3-1-4-10(7-9)24-13-5-2-6-14-11(13)8-12(16(22)23)15(25-14)17(19,20)21/h1-8,15H,(H,22,23)/p-1. The molecule has 25 heavy (non-hydrogen) atoms. The van der Waals surface area contributed by atoms with E-state index in [9.17, 15) is 23.1 Å². The minimum atomic E-state index is -4.90. The van der Waals surface area contributed by atoms with Gasteiger partial charge in [0.2, 0.25) is 6.10 Å². The van der Waals surface area contributed by atoms with Crippen molar-refractivity contribution in [1.29, 1.82) is 0 Å². The molecule has 0 saturated heterocycles. The first-order chi connectivity index (χ1) is 11.8. The van der Waals surface area contributed by atoms with Crippen molar-refractivity contribution in [2.45, 2.75) is 12.3 Å². The number of rotatable bonds is 3. The third kappa shape index (κ3) is 3.56. The first-order valence-corrected chi connectivity index (χ1v) is 7.36. The number of carbonyl (C=O) groups excluding carboxylic acids is 1. The van der Waals surface area contributed by atoms with E-state index in [1.807, 2.05) is 0 Å². The Morgan fingerprint density at radius 2 is 1.92 bits per heavy atom. The molecule has 3 rings (SSSR count). The number of ether oxygens (including phenoxy) is 2. The van der Waals surface area contributed by atoms with Gasteiger partial charge in [-0.15, -0.1) is 0 Å². The van der Waals surface area contributed by atoms with E-state index in [4.69, 9.17) is 21.1 Å². The average Bonchev–Trinajstić information content (AvgIpc) is 2.53. The molecule has 1 atom stereocenters. The van der Waals surface area contributed by atoms with Gasteiger partial charge in [-0.25, -0.2) is 0 Å². The lowest BCUT2D eigenvalue weighted by Crippen LogP contribution is -2.44. The van der Waals surface area contributed by atoms with Gasteiger partial charge in [0, 0.05) is 10.6 Å². The molecule has 0 bridgehead atoms. The zero-order chi connectivity index (χ0) is 18.2. The molecule has 0 saturated carbocycles. The zero-order valence-electron chi connectivity index (χ0n) is 12.3. The van der Waals surface area contributed by atoms with Crippen molar-refractivity contribution in [1.82, 2.24) is 0 Å². The second kappa shape index (κ2) is 6.33. The Bertz CT molecular complexity index is 861. The number of hydrogen-bond acceptors (Lipinski definition) is 4. The maximum Gasteiger partial charge on any atom is 0.429 e. The number of fused-ring (bicyclic) bond motifs is 1. The number of benzene rings is 2. The van der Waals surface area contributed by atoms with Crippen LogP contribution in [0.25, 0.3) is 6.08 Å². The van der Waals surface area contributed by atoms with Crippen molar-refractivity contribution < 1.29 is 32.5 Å². The summed E-state index contributed by atoms with van der Waals surface area (Å²) >= 11 is 5.86. The Kier molecular flexibility index (Phi) is 4.34. The Morgan fingerprint density at radius 1 is 1.20 bits per heavy atom. The molecule has 2 aromatic rings. The van der Waals surface area contributed by atoms with E-state index in [1.165, 1.54) is 24.3 Å². The molecule has 2 aromatic carbocycles. The van der Waals surface area contributed by atoms with Crippen LogP contribution in [-0.2, 0) is 4.79 Å². The smallest absolute Gasteiger partial charge is 0.429 e. The average molecular weight is 370 g/mol. The van der Waals surface area contributed by atoms with E-state index in [1.54, 1.807) is 18.2 Å². The Hall–Kier alpha value is -2.67. The molecule has 0 amide bonds. The molecular weight excluding hydrogens is 361 g/mol. The highest BCUT2D eigenvalue weighted by atomic mass is 35.5. The first-order valence-electron chi connectivity index (χ1n) is 6.98. The third-order valence-electron chi connectivity index (χ3n) is 3.41. The summed E-state index contributed by atoms with van der Waals surface area (Å²) in [4.78, 5) is 11.1.